The highest BCUT2D eigenvalue weighted by atomic mass is 19.2. The number of piperidine rings is 1. The molecule has 0 saturated carbocycles. The van der Waals surface area contributed by atoms with E-state index < -0.39 is 23.0 Å². The molecule has 1 aromatic carbocycles. The number of benzene rings is 1. The first-order valence-corrected chi connectivity index (χ1v) is 6.76. The van der Waals surface area contributed by atoms with Crippen molar-refractivity contribution in [3.8, 4) is 0 Å². The van der Waals surface area contributed by atoms with E-state index >= 15 is 0 Å². The molecule has 0 radical (unpaired) electrons. The molecule has 0 aliphatic carbocycles. The second-order valence-corrected chi connectivity index (χ2v) is 5.75. The zero-order valence-corrected chi connectivity index (χ0v) is 11.7. The minimum atomic E-state index is -0.849. The van der Waals surface area contributed by atoms with E-state index in [2.05, 4.69) is 4.90 Å². The standard InChI is InChI=1S/C15H19F2NO2/c1-10(11-3-4-12(16)13(17)9-11)18-7-5-15(2,6-8-18)14(19)20/h3-4,9-10H,5-8H2,1-2H3,(H,19,20). The second kappa shape index (κ2) is 5.48. The summed E-state index contributed by atoms with van der Waals surface area (Å²) in [4.78, 5) is 13.3. The number of likely N-dealkylation sites (tertiary alicyclic amines) is 1. The van der Waals surface area contributed by atoms with Gasteiger partial charge in [-0.3, -0.25) is 9.69 Å². The Morgan fingerprint density at radius 3 is 2.40 bits per heavy atom. The summed E-state index contributed by atoms with van der Waals surface area (Å²) in [6.07, 6.45) is 1.13. The number of aliphatic carboxylic acids is 1. The smallest absolute Gasteiger partial charge is 0.309 e. The molecule has 1 N–H and O–H groups in total. The average molecular weight is 283 g/mol. The first-order valence-electron chi connectivity index (χ1n) is 6.76. The van der Waals surface area contributed by atoms with Crippen molar-refractivity contribution < 1.29 is 18.7 Å². The Morgan fingerprint density at radius 1 is 1.30 bits per heavy atom. The van der Waals surface area contributed by atoms with Crippen LogP contribution >= 0.6 is 0 Å². The molecule has 0 bridgehead atoms. The van der Waals surface area contributed by atoms with Gasteiger partial charge in [-0.2, -0.15) is 0 Å². The summed E-state index contributed by atoms with van der Waals surface area (Å²) >= 11 is 0. The molecular formula is C15H19F2NO2. The maximum atomic E-state index is 13.3. The molecule has 1 fully saturated rings. The Hall–Kier alpha value is -1.49. The van der Waals surface area contributed by atoms with E-state index in [0.29, 0.717) is 31.5 Å². The molecule has 5 heteroatoms. The fourth-order valence-electron chi connectivity index (χ4n) is 2.60. The number of halogens is 2. The third-order valence-electron chi connectivity index (χ3n) is 4.39. The van der Waals surface area contributed by atoms with E-state index in [-0.39, 0.29) is 6.04 Å². The van der Waals surface area contributed by atoms with Gasteiger partial charge in [0, 0.05) is 6.04 Å². The van der Waals surface area contributed by atoms with Gasteiger partial charge in [0.2, 0.25) is 0 Å². The van der Waals surface area contributed by atoms with E-state index in [4.69, 9.17) is 0 Å². The molecule has 1 aliphatic rings. The fraction of sp³-hybridized carbons (Fsp3) is 0.533. The molecule has 1 saturated heterocycles. The number of hydrogen-bond acceptors (Lipinski definition) is 2. The summed E-state index contributed by atoms with van der Waals surface area (Å²) in [7, 11) is 0. The lowest BCUT2D eigenvalue weighted by Crippen LogP contribution is -2.43. The fourth-order valence-corrected chi connectivity index (χ4v) is 2.60. The van der Waals surface area contributed by atoms with Gasteiger partial charge in [0.15, 0.2) is 11.6 Å². The third kappa shape index (κ3) is 2.82. The second-order valence-electron chi connectivity index (χ2n) is 5.75. The van der Waals surface area contributed by atoms with Crippen LogP contribution in [0.5, 0.6) is 0 Å². The van der Waals surface area contributed by atoms with E-state index in [0.717, 1.165) is 6.07 Å². The maximum absolute atomic E-state index is 13.3. The van der Waals surface area contributed by atoms with E-state index in [1.54, 1.807) is 13.0 Å². The van der Waals surface area contributed by atoms with Crippen LogP contribution in [0.1, 0.15) is 38.3 Å². The van der Waals surface area contributed by atoms with Crippen molar-refractivity contribution in [3.63, 3.8) is 0 Å². The molecule has 0 amide bonds. The number of nitrogens with zero attached hydrogens (tertiary/aromatic N) is 1. The van der Waals surface area contributed by atoms with Gasteiger partial charge in [-0.15, -0.1) is 0 Å². The van der Waals surface area contributed by atoms with Crippen LogP contribution in [0.4, 0.5) is 8.78 Å². The lowest BCUT2D eigenvalue weighted by atomic mass is 9.80. The monoisotopic (exact) mass is 283 g/mol. The van der Waals surface area contributed by atoms with Crippen LogP contribution in [-0.4, -0.2) is 29.1 Å². The van der Waals surface area contributed by atoms with E-state index in [1.165, 1.54) is 6.07 Å². The summed E-state index contributed by atoms with van der Waals surface area (Å²) in [6, 6.07) is 3.87. The van der Waals surface area contributed by atoms with E-state index in [9.17, 15) is 18.7 Å². The summed E-state index contributed by atoms with van der Waals surface area (Å²) in [5.74, 6) is -2.46. The van der Waals surface area contributed by atoms with Crippen LogP contribution in [0.3, 0.4) is 0 Å². The van der Waals surface area contributed by atoms with Gasteiger partial charge in [0.05, 0.1) is 5.41 Å². The van der Waals surface area contributed by atoms with Crippen LogP contribution in [0.25, 0.3) is 0 Å². The highest BCUT2D eigenvalue weighted by Crippen LogP contribution is 2.34. The number of hydrogen-bond donors (Lipinski definition) is 1. The zero-order chi connectivity index (χ0) is 14.9. The Bertz CT molecular complexity index is 511. The number of rotatable bonds is 3. The molecule has 110 valence electrons. The van der Waals surface area contributed by atoms with E-state index in [1.807, 2.05) is 6.92 Å². The minimum absolute atomic E-state index is 0.0524. The molecular weight excluding hydrogens is 264 g/mol. The largest absolute Gasteiger partial charge is 0.481 e. The summed E-state index contributed by atoms with van der Waals surface area (Å²) in [5.41, 5.74) is 0.0346. The number of carboxylic acids is 1. The van der Waals surface area contributed by atoms with Crippen molar-refractivity contribution in [1.29, 1.82) is 0 Å². The highest BCUT2D eigenvalue weighted by molar-refractivity contribution is 5.74. The molecule has 1 unspecified atom stereocenters. The van der Waals surface area contributed by atoms with Crippen LogP contribution in [0, 0.1) is 17.0 Å². The predicted molar refractivity (Wildman–Crippen MR) is 71.3 cm³/mol. The van der Waals surface area contributed by atoms with Crippen LogP contribution in [0.2, 0.25) is 0 Å². The Balaban J connectivity index is 2.06. The molecule has 0 spiro atoms. The maximum Gasteiger partial charge on any atom is 0.309 e. The lowest BCUT2D eigenvalue weighted by molar-refractivity contribution is -0.151. The SMILES string of the molecule is CC(c1ccc(F)c(F)c1)N1CCC(C)(C(=O)O)CC1. The summed E-state index contributed by atoms with van der Waals surface area (Å²) in [6.45, 7) is 4.97. The zero-order valence-electron chi connectivity index (χ0n) is 11.7. The highest BCUT2D eigenvalue weighted by Gasteiger charge is 2.37. The molecule has 3 nitrogen and oxygen atoms in total. The third-order valence-corrected chi connectivity index (χ3v) is 4.39. The first-order chi connectivity index (χ1) is 9.33. The van der Waals surface area contributed by atoms with Gasteiger partial charge in [0.25, 0.3) is 0 Å². The topological polar surface area (TPSA) is 40.5 Å². The van der Waals surface area contributed by atoms with Crippen molar-refractivity contribution >= 4 is 5.97 Å². The molecule has 1 atom stereocenters. The molecule has 1 aliphatic heterocycles. The molecule has 0 aromatic heterocycles. The van der Waals surface area contributed by atoms with Crippen LogP contribution in [0.15, 0.2) is 18.2 Å². The van der Waals surface area contributed by atoms with Crippen LogP contribution in [-0.2, 0) is 4.79 Å². The molecule has 1 aromatic rings. The van der Waals surface area contributed by atoms with Gasteiger partial charge < -0.3 is 5.11 Å². The van der Waals surface area contributed by atoms with Gasteiger partial charge in [-0.25, -0.2) is 8.78 Å². The van der Waals surface area contributed by atoms with Gasteiger partial charge >= 0.3 is 5.97 Å². The number of carbonyl (C=O) groups is 1. The quantitative estimate of drug-likeness (QED) is 0.926. The number of carboxylic acid groups (broad SMARTS) is 1. The Morgan fingerprint density at radius 2 is 1.90 bits per heavy atom. The van der Waals surface area contributed by atoms with Gasteiger partial charge in [-0.05, 0) is 57.5 Å². The molecule has 2 rings (SSSR count). The van der Waals surface area contributed by atoms with Gasteiger partial charge in [0.1, 0.15) is 0 Å². The Kier molecular flexibility index (Phi) is 4.09. The summed E-state index contributed by atoms with van der Waals surface area (Å²) < 4.78 is 26.2. The molecule has 20 heavy (non-hydrogen) atoms. The van der Waals surface area contributed by atoms with Crippen molar-refractivity contribution in [3.05, 3.63) is 35.4 Å². The predicted octanol–water partition coefficient (Wildman–Crippen LogP) is 3.21. The van der Waals surface area contributed by atoms with Gasteiger partial charge in [-0.1, -0.05) is 6.07 Å². The minimum Gasteiger partial charge on any atom is -0.481 e. The van der Waals surface area contributed by atoms with Crippen molar-refractivity contribution in [2.24, 2.45) is 5.41 Å². The first kappa shape index (κ1) is 14.9. The Labute approximate surface area is 117 Å². The lowest BCUT2D eigenvalue weighted by Gasteiger charge is -2.39. The normalized spacial score (nSPS) is 20.6. The van der Waals surface area contributed by atoms with Crippen molar-refractivity contribution in [2.45, 2.75) is 32.7 Å². The summed E-state index contributed by atoms with van der Waals surface area (Å²) in [5, 5.41) is 9.20. The van der Waals surface area contributed by atoms with Crippen molar-refractivity contribution in [1.82, 2.24) is 4.90 Å². The van der Waals surface area contributed by atoms with Crippen LogP contribution < -0.4 is 0 Å². The average Bonchev–Trinajstić information content (AvgIpc) is 2.42. The van der Waals surface area contributed by atoms with Crippen molar-refractivity contribution in [2.75, 3.05) is 13.1 Å². The molecule has 1 heterocycles.